The van der Waals surface area contributed by atoms with Crippen LogP contribution in [0.4, 0.5) is 0 Å². The molecule has 116 valence electrons. The van der Waals surface area contributed by atoms with Gasteiger partial charge in [0.1, 0.15) is 0 Å². The highest BCUT2D eigenvalue weighted by molar-refractivity contribution is 5.25. The van der Waals surface area contributed by atoms with Crippen LogP contribution in [0.15, 0.2) is 6.20 Å². The van der Waals surface area contributed by atoms with E-state index in [4.69, 9.17) is 4.74 Å². The highest BCUT2D eigenvalue weighted by atomic mass is 16.5. The molecule has 1 saturated heterocycles. The fraction of sp³-hybridized carbons (Fsp3) is 0.824. The average molecular weight is 289 g/mol. The van der Waals surface area contributed by atoms with E-state index < -0.39 is 0 Å². The second kappa shape index (κ2) is 5.40. The van der Waals surface area contributed by atoms with Crippen molar-refractivity contribution in [3.63, 3.8) is 0 Å². The second-order valence-corrected chi connectivity index (χ2v) is 7.21. The van der Waals surface area contributed by atoms with Gasteiger partial charge in [0.2, 0.25) is 0 Å². The van der Waals surface area contributed by atoms with Crippen molar-refractivity contribution in [3.05, 3.63) is 17.5 Å². The first-order chi connectivity index (χ1) is 10.3. The highest BCUT2D eigenvalue weighted by Crippen LogP contribution is 2.41. The lowest BCUT2D eigenvalue weighted by atomic mass is 9.86. The number of hydrogen-bond donors (Lipinski definition) is 1. The van der Waals surface area contributed by atoms with Crippen molar-refractivity contribution >= 4 is 0 Å². The van der Waals surface area contributed by atoms with Crippen LogP contribution in [0.1, 0.15) is 68.7 Å². The van der Waals surface area contributed by atoms with Crippen molar-refractivity contribution in [2.24, 2.45) is 7.05 Å². The topological polar surface area (TPSA) is 39.1 Å². The van der Waals surface area contributed by atoms with E-state index in [0.29, 0.717) is 12.1 Å². The maximum absolute atomic E-state index is 6.16. The van der Waals surface area contributed by atoms with Crippen molar-refractivity contribution in [2.75, 3.05) is 6.61 Å². The van der Waals surface area contributed by atoms with Crippen LogP contribution in [0.3, 0.4) is 0 Å². The molecule has 2 atom stereocenters. The minimum absolute atomic E-state index is 0.211. The van der Waals surface area contributed by atoms with Gasteiger partial charge in [0, 0.05) is 37.0 Å². The summed E-state index contributed by atoms with van der Waals surface area (Å²) >= 11 is 0. The lowest BCUT2D eigenvalue weighted by molar-refractivity contribution is -0.0849. The largest absolute Gasteiger partial charge is 0.375 e. The quantitative estimate of drug-likeness (QED) is 0.910. The van der Waals surface area contributed by atoms with E-state index in [0.717, 1.165) is 13.0 Å². The van der Waals surface area contributed by atoms with Gasteiger partial charge in [-0.3, -0.25) is 4.68 Å². The van der Waals surface area contributed by atoms with Gasteiger partial charge in [-0.25, -0.2) is 0 Å². The van der Waals surface area contributed by atoms with Crippen LogP contribution >= 0.6 is 0 Å². The number of aryl methyl sites for hydroxylation is 1. The molecule has 1 saturated carbocycles. The molecule has 1 spiro atoms. The molecular formula is C17H27N3O. The zero-order chi connectivity index (χ0) is 14.3. The van der Waals surface area contributed by atoms with Crippen molar-refractivity contribution in [3.8, 4) is 0 Å². The van der Waals surface area contributed by atoms with E-state index in [1.807, 2.05) is 0 Å². The third-order valence-electron chi connectivity index (χ3n) is 5.82. The summed E-state index contributed by atoms with van der Waals surface area (Å²) in [6, 6.07) is 1.12. The highest BCUT2D eigenvalue weighted by Gasteiger charge is 2.40. The maximum Gasteiger partial charge on any atom is 0.0697 e. The predicted octanol–water partition coefficient (Wildman–Crippen LogP) is 2.88. The van der Waals surface area contributed by atoms with E-state index >= 15 is 0 Å². The van der Waals surface area contributed by atoms with Gasteiger partial charge >= 0.3 is 0 Å². The molecule has 2 fully saturated rings. The van der Waals surface area contributed by atoms with E-state index in [9.17, 15) is 0 Å². The molecule has 0 radical (unpaired) electrons. The Hall–Kier alpha value is -0.870. The summed E-state index contributed by atoms with van der Waals surface area (Å²) < 4.78 is 8.22. The Morgan fingerprint density at radius 3 is 3.00 bits per heavy atom. The smallest absolute Gasteiger partial charge is 0.0697 e. The van der Waals surface area contributed by atoms with Gasteiger partial charge in [0.15, 0.2) is 0 Å². The van der Waals surface area contributed by atoms with E-state index in [1.54, 1.807) is 0 Å². The van der Waals surface area contributed by atoms with Crippen LogP contribution in [0.5, 0.6) is 0 Å². The van der Waals surface area contributed by atoms with E-state index in [-0.39, 0.29) is 5.60 Å². The Kier molecular flexibility index (Phi) is 3.54. The van der Waals surface area contributed by atoms with Crippen LogP contribution in [0.2, 0.25) is 0 Å². The Morgan fingerprint density at radius 1 is 1.29 bits per heavy atom. The third-order valence-corrected chi connectivity index (χ3v) is 5.82. The molecule has 1 N–H and O–H groups in total. The van der Waals surface area contributed by atoms with Crippen LogP contribution in [0, 0.1) is 0 Å². The van der Waals surface area contributed by atoms with Gasteiger partial charge in [-0.05, 0) is 44.9 Å². The summed E-state index contributed by atoms with van der Waals surface area (Å²) in [7, 11) is 2.07. The Bertz CT molecular complexity index is 504. The van der Waals surface area contributed by atoms with Crippen molar-refractivity contribution in [2.45, 2.75) is 75.5 Å². The fourth-order valence-corrected chi connectivity index (χ4v) is 4.70. The lowest BCUT2D eigenvalue weighted by Crippen LogP contribution is -2.46. The normalized spacial score (nSPS) is 31.5. The first kappa shape index (κ1) is 13.8. The third kappa shape index (κ3) is 2.53. The van der Waals surface area contributed by atoms with Gasteiger partial charge in [-0.15, -0.1) is 0 Å². The maximum atomic E-state index is 6.16. The molecule has 2 unspecified atom stereocenters. The van der Waals surface area contributed by atoms with Crippen LogP contribution in [0.25, 0.3) is 0 Å². The fourth-order valence-electron chi connectivity index (χ4n) is 4.70. The molecule has 1 aliphatic heterocycles. The zero-order valence-corrected chi connectivity index (χ0v) is 13.1. The van der Waals surface area contributed by atoms with Gasteiger partial charge in [-0.2, -0.15) is 5.10 Å². The molecule has 0 bridgehead atoms. The van der Waals surface area contributed by atoms with E-state index in [1.165, 1.54) is 62.6 Å². The molecule has 1 aromatic heterocycles. The summed E-state index contributed by atoms with van der Waals surface area (Å²) in [5.74, 6) is 0. The SMILES string of the molecule is Cn1ncc2c1CCCC2NC1CCOC2(CCCC2)C1. The van der Waals surface area contributed by atoms with Crippen molar-refractivity contribution < 1.29 is 4.74 Å². The molecule has 2 aliphatic carbocycles. The van der Waals surface area contributed by atoms with Gasteiger partial charge in [0.05, 0.1) is 11.8 Å². The molecule has 0 amide bonds. The predicted molar refractivity (Wildman–Crippen MR) is 82.2 cm³/mol. The molecule has 21 heavy (non-hydrogen) atoms. The second-order valence-electron chi connectivity index (χ2n) is 7.21. The number of hydrogen-bond acceptors (Lipinski definition) is 3. The molecule has 4 nitrogen and oxygen atoms in total. The molecule has 4 rings (SSSR count). The molecule has 1 aromatic rings. The number of rotatable bonds is 2. The minimum Gasteiger partial charge on any atom is -0.375 e. The van der Waals surface area contributed by atoms with Crippen LogP contribution in [-0.2, 0) is 18.2 Å². The van der Waals surface area contributed by atoms with Gasteiger partial charge < -0.3 is 10.1 Å². The lowest BCUT2D eigenvalue weighted by Gasteiger charge is -2.40. The van der Waals surface area contributed by atoms with Crippen LogP contribution in [-0.4, -0.2) is 28.0 Å². The molecule has 4 heteroatoms. The summed E-state index contributed by atoms with van der Waals surface area (Å²) in [6.07, 6.45) is 13.4. The average Bonchev–Trinajstić information content (AvgIpc) is 3.08. The zero-order valence-electron chi connectivity index (χ0n) is 13.1. The first-order valence-electron chi connectivity index (χ1n) is 8.67. The Labute approximate surface area is 127 Å². The summed E-state index contributed by atoms with van der Waals surface area (Å²) in [5.41, 5.74) is 3.08. The first-order valence-corrected chi connectivity index (χ1v) is 8.67. The summed E-state index contributed by atoms with van der Waals surface area (Å²) in [5, 5.41) is 8.41. The minimum atomic E-state index is 0.211. The molecule has 2 heterocycles. The number of fused-ring (bicyclic) bond motifs is 1. The Morgan fingerprint density at radius 2 is 2.14 bits per heavy atom. The van der Waals surface area contributed by atoms with Crippen molar-refractivity contribution in [1.82, 2.24) is 15.1 Å². The number of ether oxygens (including phenoxy) is 1. The summed E-state index contributed by atoms with van der Waals surface area (Å²) in [4.78, 5) is 0. The molecule has 3 aliphatic rings. The van der Waals surface area contributed by atoms with Gasteiger partial charge in [-0.1, -0.05) is 12.8 Å². The Balaban J connectivity index is 1.46. The summed E-state index contributed by atoms with van der Waals surface area (Å²) in [6.45, 7) is 0.935. The van der Waals surface area contributed by atoms with Gasteiger partial charge in [0.25, 0.3) is 0 Å². The molecule has 0 aromatic carbocycles. The molecular weight excluding hydrogens is 262 g/mol. The number of aromatic nitrogens is 2. The standard InChI is InChI=1S/C17H27N3O/c1-20-16-6-4-5-15(14(16)12-18-20)19-13-7-10-21-17(11-13)8-2-3-9-17/h12-13,15,19H,2-11H2,1H3. The van der Waals surface area contributed by atoms with E-state index in [2.05, 4.69) is 28.3 Å². The van der Waals surface area contributed by atoms with Crippen molar-refractivity contribution in [1.29, 1.82) is 0 Å². The number of nitrogens with zero attached hydrogens (tertiary/aromatic N) is 2. The van der Waals surface area contributed by atoms with Crippen LogP contribution < -0.4 is 5.32 Å². The monoisotopic (exact) mass is 289 g/mol. The number of nitrogens with one attached hydrogen (secondary N) is 1.